The first kappa shape index (κ1) is 23.4. The highest BCUT2D eigenvalue weighted by Gasteiger charge is 2.37. The van der Waals surface area contributed by atoms with Crippen LogP contribution < -0.4 is 10.6 Å². The fraction of sp³-hybridized carbons (Fsp3) is 0.435. The van der Waals surface area contributed by atoms with Gasteiger partial charge in [0.1, 0.15) is 17.5 Å². The predicted molar refractivity (Wildman–Crippen MR) is 128 cm³/mol. The van der Waals surface area contributed by atoms with Crippen molar-refractivity contribution in [2.75, 3.05) is 18.4 Å². The van der Waals surface area contributed by atoms with Gasteiger partial charge in [0.2, 0.25) is 0 Å². The van der Waals surface area contributed by atoms with Gasteiger partial charge in [-0.2, -0.15) is 5.10 Å². The van der Waals surface area contributed by atoms with Crippen LogP contribution in [0.3, 0.4) is 0 Å². The molecule has 2 aliphatic rings. The summed E-state index contributed by atoms with van der Waals surface area (Å²) < 4.78 is 7.12. The van der Waals surface area contributed by atoms with Crippen molar-refractivity contribution in [1.82, 2.24) is 20.0 Å². The van der Waals surface area contributed by atoms with Gasteiger partial charge >= 0.3 is 6.09 Å². The van der Waals surface area contributed by atoms with Crippen molar-refractivity contribution in [1.29, 1.82) is 0 Å². The molecule has 8 nitrogen and oxygen atoms in total. The Bertz CT molecular complexity index is 1120. The fourth-order valence-electron chi connectivity index (χ4n) is 4.18. The highest BCUT2D eigenvalue weighted by atomic mass is 35.5. The van der Waals surface area contributed by atoms with Crippen LogP contribution in [0.15, 0.2) is 41.7 Å². The lowest BCUT2D eigenvalue weighted by atomic mass is 9.94. The number of allylic oxidation sites excluding steroid dienone is 1. The Morgan fingerprint density at radius 1 is 1.21 bits per heavy atom. The summed E-state index contributed by atoms with van der Waals surface area (Å²) in [7, 11) is 0. The molecule has 33 heavy (non-hydrogen) atoms. The number of halogens is 2. The van der Waals surface area contributed by atoms with Gasteiger partial charge in [-0.05, 0) is 51.8 Å². The average molecular weight is 492 g/mol. The van der Waals surface area contributed by atoms with Gasteiger partial charge in [0, 0.05) is 24.9 Å². The molecule has 1 fully saturated rings. The number of alkyl carbamates (subject to hydrolysis) is 1. The summed E-state index contributed by atoms with van der Waals surface area (Å²) in [6.07, 6.45) is 1.85. The maximum Gasteiger partial charge on any atom is 0.407 e. The quantitative estimate of drug-likeness (QED) is 0.654. The van der Waals surface area contributed by atoms with Gasteiger partial charge in [-0.3, -0.25) is 4.79 Å². The molecule has 0 aliphatic carbocycles. The van der Waals surface area contributed by atoms with Crippen molar-refractivity contribution in [3.8, 4) is 0 Å². The number of anilines is 1. The molecule has 1 aromatic carbocycles. The SMILES string of the molecule is CC1=C(C(=O)N2CCC(NC(=O)OC(C)(C)C)C2)C(c2ccc(Cl)c(Cl)c2)n2nccc2N1. The summed E-state index contributed by atoms with van der Waals surface area (Å²) in [6, 6.07) is 6.56. The molecule has 2 amide bonds. The van der Waals surface area contributed by atoms with Crippen molar-refractivity contribution in [2.24, 2.45) is 0 Å². The van der Waals surface area contributed by atoms with Crippen LogP contribution in [0.5, 0.6) is 0 Å². The van der Waals surface area contributed by atoms with E-state index in [1.807, 2.05) is 39.8 Å². The summed E-state index contributed by atoms with van der Waals surface area (Å²) in [4.78, 5) is 27.6. The van der Waals surface area contributed by atoms with Gasteiger partial charge in [0.25, 0.3) is 5.91 Å². The first-order chi connectivity index (χ1) is 15.5. The zero-order valence-corrected chi connectivity index (χ0v) is 20.5. The second-order valence-electron chi connectivity index (χ2n) is 9.28. The minimum absolute atomic E-state index is 0.120. The molecule has 3 heterocycles. The molecule has 0 spiro atoms. The normalized spacial score (nSPS) is 20.4. The molecule has 2 aliphatic heterocycles. The Morgan fingerprint density at radius 2 is 1.97 bits per heavy atom. The molecule has 176 valence electrons. The van der Waals surface area contributed by atoms with Crippen LogP contribution in [0.4, 0.5) is 10.6 Å². The topological polar surface area (TPSA) is 88.5 Å². The number of carbonyl (C=O) groups is 2. The summed E-state index contributed by atoms with van der Waals surface area (Å²) in [5.41, 5.74) is 1.54. The molecule has 2 unspecified atom stereocenters. The standard InChI is InChI=1S/C23H27Cl2N5O3/c1-13-19(21(31)29-10-8-15(12-29)28-22(32)33-23(2,3)4)20(30-18(27-13)7-9-26-30)14-5-6-16(24)17(25)11-14/h5-7,9,11,15,20,27H,8,10,12H2,1-4H3,(H,28,32). The molecule has 4 rings (SSSR count). The van der Waals surface area contributed by atoms with Crippen molar-refractivity contribution >= 4 is 41.0 Å². The van der Waals surface area contributed by atoms with Crippen LogP contribution in [0.2, 0.25) is 10.0 Å². The lowest BCUT2D eigenvalue weighted by Gasteiger charge is -2.32. The number of likely N-dealkylation sites (tertiary alicyclic amines) is 1. The number of hydrogen-bond donors (Lipinski definition) is 2. The number of fused-ring (bicyclic) bond motifs is 1. The van der Waals surface area contributed by atoms with E-state index >= 15 is 0 Å². The first-order valence-corrected chi connectivity index (χ1v) is 11.5. The second-order valence-corrected chi connectivity index (χ2v) is 10.1. The molecule has 2 N–H and O–H groups in total. The third-order valence-electron chi connectivity index (χ3n) is 5.59. The minimum atomic E-state index is -0.581. The van der Waals surface area contributed by atoms with E-state index in [0.717, 1.165) is 17.1 Å². The third kappa shape index (κ3) is 4.96. The van der Waals surface area contributed by atoms with E-state index in [1.54, 1.807) is 27.9 Å². The number of carbonyl (C=O) groups excluding carboxylic acids is 2. The lowest BCUT2D eigenvalue weighted by Crippen LogP contribution is -2.42. The molecule has 2 atom stereocenters. The predicted octanol–water partition coefficient (Wildman–Crippen LogP) is 4.60. The van der Waals surface area contributed by atoms with Crippen molar-refractivity contribution < 1.29 is 14.3 Å². The van der Waals surface area contributed by atoms with Gasteiger partial charge in [-0.25, -0.2) is 9.48 Å². The van der Waals surface area contributed by atoms with Gasteiger partial charge in [-0.1, -0.05) is 29.3 Å². The highest BCUT2D eigenvalue weighted by molar-refractivity contribution is 6.42. The Labute approximate surface area is 202 Å². The number of benzene rings is 1. The Kier molecular flexibility index (Phi) is 6.33. The van der Waals surface area contributed by atoms with Gasteiger partial charge in [-0.15, -0.1) is 0 Å². The molecule has 0 bridgehead atoms. The van der Waals surface area contributed by atoms with Gasteiger partial charge in [0.05, 0.1) is 27.9 Å². The summed E-state index contributed by atoms with van der Waals surface area (Å²) in [6.45, 7) is 8.24. The molecule has 1 saturated heterocycles. The number of aromatic nitrogens is 2. The van der Waals surface area contributed by atoms with Crippen molar-refractivity contribution in [2.45, 2.75) is 51.8 Å². The fourth-order valence-corrected chi connectivity index (χ4v) is 4.49. The molecular formula is C23H27Cl2N5O3. The molecule has 0 saturated carbocycles. The van der Waals surface area contributed by atoms with E-state index in [2.05, 4.69) is 15.7 Å². The van der Waals surface area contributed by atoms with Crippen LogP contribution in [0.25, 0.3) is 0 Å². The summed E-state index contributed by atoms with van der Waals surface area (Å²) >= 11 is 12.4. The number of rotatable bonds is 3. The van der Waals surface area contributed by atoms with E-state index in [9.17, 15) is 9.59 Å². The van der Waals surface area contributed by atoms with Crippen LogP contribution >= 0.6 is 23.2 Å². The molecule has 2 aromatic rings. The van der Waals surface area contributed by atoms with Crippen molar-refractivity contribution in [3.05, 3.63) is 57.3 Å². The van der Waals surface area contributed by atoms with Crippen LogP contribution in [-0.2, 0) is 9.53 Å². The largest absolute Gasteiger partial charge is 0.444 e. The zero-order chi connectivity index (χ0) is 23.9. The second kappa shape index (κ2) is 8.91. The molecule has 0 radical (unpaired) electrons. The van der Waals surface area contributed by atoms with Crippen LogP contribution in [-0.4, -0.2) is 51.4 Å². The third-order valence-corrected chi connectivity index (χ3v) is 6.33. The first-order valence-electron chi connectivity index (χ1n) is 10.8. The van der Waals surface area contributed by atoms with Crippen LogP contribution in [0, 0.1) is 0 Å². The van der Waals surface area contributed by atoms with E-state index < -0.39 is 17.7 Å². The summed E-state index contributed by atoms with van der Waals surface area (Å²) in [5.74, 6) is 0.664. The molecule has 10 heteroatoms. The number of nitrogens with one attached hydrogen (secondary N) is 2. The smallest absolute Gasteiger partial charge is 0.407 e. The maximum absolute atomic E-state index is 13.7. The maximum atomic E-state index is 13.7. The summed E-state index contributed by atoms with van der Waals surface area (Å²) in [5, 5.41) is 11.4. The van der Waals surface area contributed by atoms with E-state index in [1.165, 1.54) is 0 Å². The minimum Gasteiger partial charge on any atom is -0.444 e. The highest BCUT2D eigenvalue weighted by Crippen LogP contribution is 2.38. The van der Waals surface area contributed by atoms with E-state index in [4.69, 9.17) is 27.9 Å². The van der Waals surface area contributed by atoms with Crippen molar-refractivity contribution in [3.63, 3.8) is 0 Å². The average Bonchev–Trinajstić information content (AvgIpc) is 3.36. The monoisotopic (exact) mass is 491 g/mol. The van der Waals surface area contributed by atoms with Crippen LogP contribution in [0.1, 0.15) is 45.7 Å². The van der Waals surface area contributed by atoms with Gasteiger partial charge < -0.3 is 20.3 Å². The number of hydrogen-bond acceptors (Lipinski definition) is 5. The molecule has 1 aromatic heterocycles. The van der Waals surface area contributed by atoms with E-state index in [0.29, 0.717) is 35.1 Å². The number of amides is 2. The Morgan fingerprint density at radius 3 is 2.67 bits per heavy atom. The van der Waals surface area contributed by atoms with Gasteiger partial charge in [0.15, 0.2) is 0 Å². The number of ether oxygens (including phenoxy) is 1. The lowest BCUT2D eigenvalue weighted by molar-refractivity contribution is -0.126. The Hall–Kier alpha value is -2.71. The van der Waals surface area contributed by atoms with E-state index in [-0.39, 0.29) is 11.9 Å². The molecular weight excluding hydrogens is 465 g/mol. The Balaban J connectivity index is 1.58. The number of nitrogens with zero attached hydrogens (tertiary/aromatic N) is 3. The zero-order valence-electron chi connectivity index (χ0n) is 19.0.